The van der Waals surface area contributed by atoms with Crippen molar-refractivity contribution in [1.29, 1.82) is 0 Å². The third kappa shape index (κ3) is 5.15. The first kappa shape index (κ1) is 21.1. The topological polar surface area (TPSA) is 74.2 Å². The fourth-order valence-corrected chi connectivity index (χ4v) is 3.40. The van der Waals surface area contributed by atoms with Crippen molar-refractivity contribution in [3.63, 3.8) is 0 Å². The van der Waals surface area contributed by atoms with Gasteiger partial charge in [0.2, 0.25) is 5.91 Å². The average molecular weight is 430 g/mol. The minimum absolute atomic E-state index is 0.164. The number of carbonyl (C=O) groups excluding carboxylic acids is 1. The summed E-state index contributed by atoms with van der Waals surface area (Å²) in [6.07, 6.45) is 0.675. The van der Waals surface area contributed by atoms with E-state index in [1.54, 1.807) is 12.1 Å². The first-order valence-corrected chi connectivity index (χ1v) is 9.77. The van der Waals surface area contributed by atoms with Crippen molar-refractivity contribution in [3.8, 4) is 11.1 Å². The zero-order valence-electron chi connectivity index (χ0n) is 16.9. The second-order valence-corrected chi connectivity index (χ2v) is 7.57. The van der Waals surface area contributed by atoms with E-state index >= 15 is 0 Å². The van der Waals surface area contributed by atoms with Gasteiger partial charge in [-0.3, -0.25) is 19.7 Å². The molecule has 0 atom stereocenters. The highest BCUT2D eigenvalue weighted by Gasteiger charge is 2.31. The van der Waals surface area contributed by atoms with Crippen molar-refractivity contribution in [2.45, 2.75) is 6.18 Å². The molecule has 1 fully saturated rings. The number of hydrogen-bond donors (Lipinski definition) is 1. The molecule has 4 rings (SSSR count). The van der Waals surface area contributed by atoms with Crippen molar-refractivity contribution in [2.24, 2.45) is 0 Å². The lowest BCUT2D eigenvalue weighted by atomic mass is 10.1. The summed E-state index contributed by atoms with van der Waals surface area (Å²) < 4.78 is 39.0. The van der Waals surface area contributed by atoms with Crippen LogP contribution in [0.3, 0.4) is 0 Å². The molecule has 1 saturated heterocycles. The molecule has 1 aliphatic heterocycles. The molecule has 31 heavy (non-hydrogen) atoms. The lowest BCUT2D eigenvalue weighted by Gasteiger charge is -2.31. The van der Waals surface area contributed by atoms with Gasteiger partial charge in [-0.1, -0.05) is 0 Å². The van der Waals surface area contributed by atoms with Gasteiger partial charge in [-0.15, -0.1) is 0 Å². The fraction of sp³-hybridized carbons (Fsp3) is 0.333. The van der Waals surface area contributed by atoms with Gasteiger partial charge in [0.1, 0.15) is 5.82 Å². The summed E-state index contributed by atoms with van der Waals surface area (Å²) in [5, 5.41) is 3.44. The smallest absolute Gasteiger partial charge is 0.310 e. The van der Waals surface area contributed by atoms with Crippen LogP contribution in [0.25, 0.3) is 22.0 Å². The number of anilines is 1. The van der Waals surface area contributed by atoms with Crippen molar-refractivity contribution < 1.29 is 18.0 Å². The van der Waals surface area contributed by atoms with E-state index in [1.165, 1.54) is 18.6 Å². The van der Waals surface area contributed by atoms with Crippen LogP contribution in [0, 0.1) is 0 Å². The van der Waals surface area contributed by atoms with Gasteiger partial charge in [-0.25, -0.2) is 4.98 Å². The van der Waals surface area contributed by atoms with Gasteiger partial charge in [0.15, 0.2) is 0 Å². The highest BCUT2D eigenvalue weighted by Crippen LogP contribution is 2.32. The lowest BCUT2D eigenvalue weighted by Crippen LogP contribution is -2.47. The number of halogens is 3. The maximum absolute atomic E-state index is 13.0. The molecule has 0 aromatic carbocycles. The zero-order valence-corrected chi connectivity index (χ0v) is 16.9. The number of alkyl halides is 3. The standard InChI is InChI=1S/C21H21F3N6O/c1-29-2-4-30(5-3-29)13-20(31)28-19-8-14-6-15(10-26-18(14)12-27-19)16-7-17(11-25-9-16)21(22,23)24/h6-12H,2-5,13H2,1H3,(H,27,28,31). The number of likely N-dealkylation sites (N-methyl/N-ethyl adjacent to an activating group) is 1. The van der Waals surface area contributed by atoms with Gasteiger partial charge in [-0.2, -0.15) is 13.2 Å². The SMILES string of the molecule is CN1CCN(CC(=O)Nc2cc3cc(-c4cncc(C(F)(F)F)c4)cnc3cn2)CC1. The second-order valence-electron chi connectivity index (χ2n) is 7.57. The van der Waals surface area contributed by atoms with Crippen LogP contribution in [0.2, 0.25) is 0 Å². The van der Waals surface area contributed by atoms with E-state index < -0.39 is 11.7 Å². The summed E-state index contributed by atoms with van der Waals surface area (Å²) in [6, 6.07) is 4.40. The number of nitrogens with one attached hydrogen (secondary N) is 1. The summed E-state index contributed by atoms with van der Waals surface area (Å²) in [6.45, 7) is 3.77. The lowest BCUT2D eigenvalue weighted by molar-refractivity contribution is -0.137. The number of carbonyl (C=O) groups is 1. The van der Waals surface area contributed by atoms with E-state index in [0.29, 0.717) is 27.8 Å². The number of aromatic nitrogens is 3. The number of hydrogen-bond acceptors (Lipinski definition) is 6. The molecule has 1 aliphatic rings. The number of pyridine rings is 3. The third-order valence-corrected chi connectivity index (χ3v) is 5.20. The quantitative estimate of drug-likeness (QED) is 0.686. The highest BCUT2D eigenvalue weighted by atomic mass is 19.4. The largest absolute Gasteiger partial charge is 0.417 e. The van der Waals surface area contributed by atoms with Crippen LogP contribution < -0.4 is 5.32 Å². The molecule has 1 amide bonds. The molecule has 0 unspecified atom stereocenters. The number of fused-ring (bicyclic) bond motifs is 1. The molecule has 0 saturated carbocycles. The van der Waals surface area contributed by atoms with Gasteiger partial charge >= 0.3 is 6.18 Å². The molecule has 162 valence electrons. The summed E-state index contributed by atoms with van der Waals surface area (Å²) in [5.74, 6) is 0.204. The van der Waals surface area contributed by atoms with Gasteiger partial charge in [0.05, 0.1) is 23.8 Å². The maximum atomic E-state index is 13.0. The second kappa shape index (κ2) is 8.56. The summed E-state index contributed by atoms with van der Waals surface area (Å²) in [7, 11) is 2.05. The molecule has 3 aromatic heterocycles. The molecule has 0 radical (unpaired) electrons. The Balaban J connectivity index is 1.52. The molecule has 10 heteroatoms. The third-order valence-electron chi connectivity index (χ3n) is 5.20. The summed E-state index contributed by atoms with van der Waals surface area (Å²) in [4.78, 5) is 28.9. The minimum Gasteiger partial charge on any atom is -0.310 e. The van der Waals surface area contributed by atoms with Crippen LogP contribution in [0.1, 0.15) is 5.56 Å². The Kier molecular flexibility index (Phi) is 5.84. The monoisotopic (exact) mass is 430 g/mol. The summed E-state index contributed by atoms with van der Waals surface area (Å²) in [5.41, 5.74) is 0.547. The molecular weight excluding hydrogens is 409 g/mol. The maximum Gasteiger partial charge on any atom is 0.417 e. The number of nitrogens with zero attached hydrogens (tertiary/aromatic N) is 5. The van der Waals surface area contributed by atoms with E-state index in [2.05, 4.69) is 30.1 Å². The molecule has 7 nitrogen and oxygen atoms in total. The van der Waals surface area contributed by atoms with E-state index in [0.717, 1.165) is 38.4 Å². The van der Waals surface area contributed by atoms with Crippen LogP contribution in [0.15, 0.2) is 43.0 Å². The van der Waals surface area contributed by atoms with E-state index in [4.69, 9.17) is 0 Å². The van der Waals surface area contributed by atoms with Crippen LogP contribution >= 0.6 is 0 Å². The Morgan fingerprint density at radius 3 is 2.48 bits per heavy atom. The Hall–Kier alpha value is -3.11. The molecule has 1 N–H and O–H groups in total. The van der Waals surface area contributed by atoms with Gasteiger partial charge in [0, 0.05) is 61.3 Å². The number of piperazine rings is 1. The minimum atomic E-state index is -4.47. The van der Waals surface area contributed by atoms with Crippen LogP contribution in [-0.2, 0) is 11.0 Å². The van der Waals surface area contributed by atoms with E-state index in [9.17, 15) is 18.0 Å². The van der Waals surface area contributed by atoms with Crippen LogP contribution in [0.5, 0.6) is 0 Å². The van der Waals surface area contributed by atoms with Gasteiger partial charge < -0.3 is 10.2 Å². The highest BCUT2D eigenvalue weighted by molar-refractivity contribution is 5.93. The fourth-order valence-electron chi connectivity index (χ4n) is 3.40. The first-order chi connectivity index (χ1) is 14.8. The van der Waals surface area contributed by atoms with Crippen molar-refractivity contribution in [3.05, 3.63) is 48.5 Å². The molecule has 0 spiro atoms. The predicted octanol–water partition coefficient (Wildman–Crippen LogP) is 2.90. The zero-order chi connectivity index (χ0) is 22.0. The van der Waals surface area contributed by atoms with Gasteiger partial charge in [-0.05, 0) is 25.2 Å². The Morgan fingerprint density at radius 1 is 1.00 bits per heavy atom. The van der Waals surface area contributed by atoms with E-state index in [-0.39, 0.29) is 12.5 Å². The van der Waals surface area contributed by atoms with Gasteiger partial charge in [0.25, 0.3) is 0 Å². The van der Waals surface area contributed by atoms with Crippen molar-refractivity contribution in [2.75, 3.05) is 45.1 Å². The Morgan fingerprint density at radius 2 is 1.74 bits per heavy atom. The molecule has 0 aliphatic carbocycles. The van der Waals surface area contributed by atoms with E-state index in [1.807, 2.05) is 7.05 Å². The Bertz CT molecular complexity index is 1100. The first-order valence-electron chi connectivity index (χ1n) is 9.77. The predicted molar refractivity (Wildman–Crippen MR) is 110 cm³/mol. The number of rotatable bonds is 4. The van der Waals surface area contributed by atoms with Crippen LogP contribution in [0.4, 0.5) is 19.0 Å². The number of amides is 1. The Labute approximate surface area is 176 Å². The van der Waals surface area contributed by atoms with Crippen molar-refractivity contribution >= 4 is 22.6 Å². The molecule has 3 aromatic rings. The average Bonchev–Trinajstić information content (AvgIpc) is 2.74. The van der Waals surface area contributed by atoms with Crippen LogP contribution in [-0.4, -0.2) is 70.4 Å². The van der Waals surface area contributed by atoms with Crippen molar-refractivity contribution in [1.82, 2.24) is 24.8 Å². The molecule has 4 heterocycles. The molecule has 0 bridgehead atoms. The normalized spacial score (nSPS) is 15.9. The molecular formula is C21H21F3N6O. The summed E-state index contributed by atoms with van der Waals surface area (Å²) >= 11 is 0.